The summed E-state index contributed by atoms with van der Waals surface area (Å²) in [5.74, 6) is 0.921. The van der Waals surface area contributed by atoms with E-state index in [1.165, 1.54) is 0 Å². The third-order valence-corrected chi connectivity index (χ3v) is 3.84. The molecular weight excluding hydrogens is 305 g/mol. The Morgan fingerprint density at radius 3 is 2.48 bits per heavy atom. The number of rotatable bonds is 4. The second-order valence-electron chi connectivity index (χ2n) is 5.07. The minimum Gasteiger partial charge on any atom is -0.459 e. The van der Waals surface area contributed by atoms with Gasteiger partial charge in [-0.1, -0.05) is 41.4 Å². The van der Waals surface area contributed by atoms with Crippen molar-refractivity contribution >= 4 is 34.2 Å². The van der Waals surface area contributed by atoms with Gasteiger partial charge in [0.15, 0.2) is 0 Å². The van der Waals surface area contributed by atoms with Crippen molar-refractivity contribution < 1.29 is 4.42 Å². The van der Waals surface area contributed by atoms with Crippen LogP contribution in [0.5, 0.6) is 0 Å². The molecule has 1 heterocycles. The molecule has 0 aliphatic heterocycles. The molecule has 108 valence electrons. The van der Waals surface area contributed by atoms with Crippen LogP contribution in [-0.4, -0.2) is 0 Å². The van der Waals surface area contributed by atoms with Crippen molar-refractivity contribution in [3.63, 3.8) is 0 Å². The van der Waals surface area contributed by atoms with E-state index in [4.69, 9.17) is 27.6 Å². The molecule has 1 unspecified atom stereocenters. The van der Waals surface area contributed by atoms with Gasteiger partial charge in [-0.3, -0.25) is 0 Å². The van der Waals surface area contributed by atoms with E-state index in [-0.39, 0.29) is 6.04 Å². The van der Waals surface area contributed by atoms with Gasteiger partial charge in [0.25, 0.3) is 0 Å². The van der Waals surface area contributed by atoms with Crippen LogP contribution in [0.15, 0.2) is 52.9 Å². The van der Waals surface area contributed by atoms with Crippen LogP contribution in [-0.2, 0) is 6.54 Å². The molecule has 1 aromatic heterocycles. The number of fused-ring (bicyclic) bond motifs is 1. The number of furan rings is 1. The molecule has 0 aliphatic carbocycles. The fourth-order valence-electron chi connectivity index (χ4n) is 2.30. The van der Waals surface area contributed by atoms with Crippen LogP contribution >= 0.6 is 23.2 Å². The van der Waals surface area contributed by atoms with Gasteiger partial charge in [0.05, 0.1) is 6.04 Å². The first-order chi connectivity index (χ1) is 10.1. The molecule has 21 heavy (non-hydrogen) atoms. The van der Waals surface area contributed by atoms with Gasteiger partial charge in [0.1, 0.15) is 11.3 Å². The predicted octanol–water partition coefficient (Wildman–Crippen LogP) is 5.59. The molecule has 3 rings (SSSR count). The number of hydrogen-bond donors (Lipinski definition) is 1. The fourth-order valence-corrected chi connectivity index (χ4v) is 2.87. The zero-order chi connectivity index (χ0) is 14.8. The molecule has 2 nitrogen and oxygen atoms in total. The lowest BCUT2D eigenvalue weighted by Crippen LogP contribution is -2.17. The summed E-state index contributed by atoms with van der Waals surface area (Å²) in [5.41, 5.74) is 1.96. The minimum atomic E-state index is 0.107. The second kappa shape index (κ2) is 6.10. The highest BCUT2D eigenvalue weighted by molar-refractivity contribution is 6.34. The van der Waals surface area contributed by atoms with Crippen LogP contribution in [0.25, 0.3) is 11.0 Å². The first kappa shape index (κ1) is 14.5. The summed E-state index contributed by atoms with van der Waals surface area (Å²) in [6.45, 7) is 2.75. The molecule has 4 heteroatoms. The van der Waals surface area contributed by atoms with E-state index in [9.17, 15) is 0 Å². The highest BCUT2D eigenvalue weighted by Crippen LogP contribution is 2.24. The molecule has 0 spiro atoms. The van der Waals surface area contributed by atoms with Gasteiger partial charge in [-0.2, -0.15) is 0 Å². The highest BCUT2D eigenvalue weighted by atomic mass is 35.5. The Balaban J connectivity index is 1.72. The summed E-state index contributed by atoms with van der Waals surface area (Å²) in [7, 11) is 0. The lowest BCUT2D eigenvalue weighted by atomic mass is 10.2. The molecule has 2 aromatic carbocycles. The number of nitrogens with one attached hydrogen (secondary N) is 1. The predicted molar refractivity (Wildman–Crippen MR) is 87.9 cm³/mol. The fraction of sp³-hybridized carbons (Fsp3) is 0.176. The molecule has 0 radical (unpaired) electrons. The number of benzene rings is 2. The number of para-hydroxylation sites is 1. The maximum Gasteiger partial charge on any atom is 0.134 e. The van der Waals surface area contributed by atoms with Crippen molar-refractivity contribution in [1.29, 1.82) is 0 Å². The Labute approximate surface area is 133 Å². The van der Waals surface area contributed by atoms with Crippen LogP contribution < -0.4 is 5.32 Å². The average Bonchev–Trinajstić information content (AvgIpc) is 2.87. The van der Waals surface area contributed by atoms with E-state index in [0.717, 1.165) is 22.3 Å². The van der Waals surface area contributed by atoms with Crippen LogP contribution in [0.4, 0.5) is 0 Å². The largest absolute Gasteiger partial charge is 0.459 e. The van der Waals surface area contributed by atoms with Crippen molar-refractivity contribution in [1.82, 2.24) is 5.32 Å². The first-order valence-corrected chi connectivity index (χ1v) is 7.54. The molecule has 0 amide bonds. The monoisotopic (exact) mass is 319 g/mol. The lowest BCUT2D eigenvalue weighted by Gasteiger charge is -2.11. The van der Waals surface area contributed by atoms with Gasteiger partial charge >= 0.3 is 0 Å². The van der Waals surface area contributed by atoms with E-state index in [2.05, 4.69) is 18.3 Å². The van der Waals surface area contributed by atoms with E-state index < -0.39 is 0 Å². The molecule has 0 aliphatic rings. The standard InChI is InChI=1S/C17H15Cl2NO/c1-11(17-8-13-4-2-3-5-16(13)21-17)20-10-12-6-14(18)9-15(19)7-12/h2-9,11,20H,10H2,1H3. The number of halogens is 2. The van der Waals surface area contributed by atoms with Crippen LogP contribution in [0, 0.1) is 0 Å². The van der Waals surface area contributed by atoms with Crippen molar-refractivity contribution in [2.75, 3.05) is 0 Å². The average molecular weight is 320 g/mol. The summed E-state index contributed by atoms with van der Waals surface area (Å²) in [4.78, 5) is 0. The summed E-state index contributed by atoms with van der Waals surface area (Å²) >= 11 is 12.0. The molecule has 0 saturated heterocycles. The SMILES string of the molecule is CC(NCc1cc(Cl)cc(Cl)c1)c1cc2ccccc2o1. The third kappa shape index (κ3) is 3.41. The summed E-state index contributed by atoms with van der Waals surface area (Å²) < 4.78 is 5.85. The van der Waals surface area contributed by atoms with Crippen molar-refractivity contribution in [2.24, 2.45) is 0 Å². The Bertz CT molecular complexity index is 713. The topological polar surface area (TPSA) is 25.2 Å². The van der Waals surface area contributed by atoms with Crippen LogP contribution in [0.2, 0.25) is 10.0 Å². The zero-order valence-corrected chi connectivity index (χ0v) is 13.1. The third-order valence-electron chi connectivity index (χ3n) is 3.41. The summed E-state index contributed by atoms with van der Waals surface area (Å²) in [6, 6.07) is 15.7. The second-order valence-corrected chi connectivity index (χ2v) is 5.94. The van der Waals surface area contributed by atoms with Gasteiger partial charge in [0.2, 0.25) is 0 Å². The molecular formula is C17H15Cl2NO. The zero-order valence-electron chi connectivity index (χ0n) is 11.6. The molecule has 0 fully saturated rings. The van der Waals surface area contributed by atoms with E-state index in [0.29, 0.717) is 16.6 Å². The molecule has 0 saturated carbocycles. The van der Waals surface area contributed by atoms with Crippen LogP contribution in [0.3, 0.4) is 0 Å². The Morgan fingerprint density at radius 2 is 1.76 bits per heavy atom. The highest BCUT2D eigenvalue weighted by Gasteiger charge is 2.11. The lowest BCUT2D eigenvalue weighted by molar-refractivity contribution is 0.451. The van der Waals surface area contributed by atoms with Gasteiger partial charge in [-0.15, -0.1) is 0 Å². The number of hydrogen-bond acceptors (Lipinski definition) is 2. The molecule has 1 atom stereocenters. The Hall–Kier alpha value is -1.48. The Kier molecular flexibility index (Phi) is 4.20. The maximum absolute atomic E-state index is 6.01. The minimum absolute atomic E-state index is 0.107. The van der Waals surface area contributed by atoms with Crippen molar-refractivity contribution in [3.8, 4) is 0 Å². The quantitative estimate of drug-likeness (QED) is 0.678. The van der Waals surface area contributed by atoms with Gasteiger partial charge in [-0.05, 0) is 42.8 Å². The normalized spacial score (nSPS) is 12.7. The van der Waals surface area contributed by atoms with Crippen LogP contribution in [0.1, 0.15) is 24.3 Å². The molecule has 1 N–H and O–H groups in total. The Morgan fingerprint density at radius 1 is 1.05 bits per heavy atom. The van der Waals surface area contributed by atoms with Gasteiger partial charge in [-0.25, -0.2) is 0 Å². The first-order valence-electron chi connectivity index (χ1n) is 6.78. The van der Waals surface area contributed by atoms with Crippen molar-refractivity contribution in [2.45, 2.75) is 19.5 Å². The molecule has 3 aromatic rings. The van der Waals surface area contributed by atoms with Gasteiger partial charge in [0, 0.05) is 22.0 Å². The van der Waals surface area contributed by atoms with E-state index in [1.807, 2.05) is 36.4 Å². The summed E-state index contributed by atoms with van der Waals surface area (Å²) in [6.07, 6.45) is 0. The van der Waals surface area contributed by atoms with E-state index >= 15 is 0 Å². The van der Waals surface area contributed by atoms with Gasteiger partial charge < -0.3 is 9.73 Å². The smallest absolute Gasteiger partial charge is 0.134 e. The maximum atomic E-state index is 6.01. The van der Waals surface area contributed by atoms with Crippen molar-refractivity contribution in [3.05, 3.63) is 69.9 Å². The summed E-state index contributed by atoms with van der Waals surface area (Å²) in [5, 5.41) is 5.83. The van der Waals surface area contributed by atoms with E-state index in [1.54, 1.807) is 6.07 Å². The molecule has 0 bridgehead atoms.